The molecule has 11 heavy (non-hydrogen) atoms. The summed E-state index contributed by atoms with van der Waals surface area (Å²) in [5.41, 5.74) is 0. The third-order valence-electron chi connectivity index (χ3n) is 0. The van der Waals surface area contributed by atoms with E-state index in [9.17, 15) is 0 Å². The van der Waals surface area contributed by atoms with E-state index in [0.717, 1.165) is 0 Å². The van der Waals surface area contributed by atoms with Gasteiger partial charge < -0.3 is 37.6 Å². The molecule has 0 N–H and O–H groups in total. The SMILES string of the molecule is [Al+3].[Cr+3].[F-].[F-].[F-].[F-].[F-].[F-].[F-].[F-].[Sr+2]. The fourth-order valence-corrected chi connectivity index (χ4v) is 0. The zero-order valence-electron chi connectivity index (χ0n) is 4.72. The van der Waals surface area contributed by atoms with Crippen molar-refractivity contribution in [2.45, 2.75) is 0 Å². The minimum Gasteiger partial charge on any atom is -1.00 e. The molecule has 0 aromatic carbocycles. The Hall–Kier alpha value is 1.99. The van der Waals surface area contributed by atoms with Gasteiger partial charge in [-0.2, -0.15) is 0 Å². The topological polar surface area (TPSA) is 0 Å². The summed E-state index contributed by atoms with van der Waals surface area (Å²) in [5.74, 6) is 0. The molecular formula is AlCrF8Sr. The van der Waals surface area contributed by atoms with Gasteiger partial charge in [0.05, 0.1) is 0 Å². The van der Waals surface area contributed by atoms with Crippen LogP contribution in [0.5, 0.6) is 0 Å². The van der Waals surface area contributed by atoms with Gasteiger partial charge in [-0.05, 0) is 0 Å². The van der Waals surface area contributed by atoms with Crippen LogP contribution in [-0.2, 0) is 17.4 Å². The van der Waals surface area contributed by atoms with Crippen LogP contribution in [0.15, 0.2) is 0 Å². The Labute approximate surface area is 116 Å². The molecule has 67 valence electrons. The zero-order chi connectivity index (χ0) is 0. The molecular weight excluding hydrogens is 319 g/mol. The maximum Gasteiger partial charge on any atom is 3.00 e. The predicted molar refractivity (Wildman–Crippen MR) is 11.5 cm³/mol. The van der Waals surface area contributed by atoms with E-state index in [1.165, 1.54) is 0 Å². The van der Waals surface area contributed by atoms with Gasteiger partial charge in [0.2, 0.25) is 0 Å². The van der Waals surface area contributed by atoms with Crippen LogP contribution in [0.25, 0.3) is 0 Å². The first-order valence-electron chi connectivity index (χ1n) is 0. The summed E-state index contributed by atoms with van der Waals surface area (Å²) in [6.45, 7) is 0. The molecule has 0 amide bonds. The summed E-state index contributed by atoms with van der Waals surface area (Å²) in [5, 5.41) is 0. The molecule has 0 aromatic rings. The minimum atomic E-state index is 0. The first kappa shape index (κ1) is 473. The largest absolute Gasteiger partial charge is 3.00 e. The first-order chi connectivity index (χ1) is 0. The molecule has 1 radical (unpaired) electrons. The van der Waals surface area contributed by atoms with Crippen LogP contribution in [0.3, 0.4) is 0 Å². The fraction of sp³-hybridized carbons (Fsp3) is 0. The molecule has 0 aromatic heterocycles. The molecule has 0 aliphatic rings. The molecule has 0 aliphatic heterocycles. The molecule has 0 atom stereocenters. The molecule has 0 aliphatic carbocycles. The van der Waals surface area contributed by atoms with Crippen molar-refractivity contribution >= 4 is 62.8 Å². The number of halogens is 8. The van der Waals surface area contributed by atoms with E-state index >= 15 is 0 Å². The van der Waals surface area contributed by atoms with Crippen molar-refractivity contribution in [3.8, 4) is 0 Å². The predicted octanol–water partition coefficient (Wildman–Crippen LogP) is -24.7. The van der Waals surface area contributed by atoms with E-state index in [1.54, 1.807) is 0 Å². The number of hydrogen-bond acceptors (Lipinski definition) is 0. The van der Waals surface area contributed by atoms with E-state index in [1.807, 2.05) is 0 Å². The van der Waals surface area contributed by atoms with E-state index in [-0.39, 0.29) is 118 Å². The van der Waals surface area contributed by atoms with Gasteiger partial charge in [-0.3, -0.25) is 0 Å². The summed E-state index contributed by atoms with van der Waals surface area (Å²) < 4.78 is 0. The second kappa shape index (κ2) is 367. The van der Waals surface area contributed by atoms with Crippen molar-refractivity contribution in [1.82, 2.24) is 0 Å². The van der Waals surface area contributed by atoms with Crippen molar-refractivity contribution in [2.75, 3.05) is 0 Å². The maximum atomic E-state index is 0. The number of rotatable bonds is 0. The fourth-order valence-electron chi connectivity index (χ4n) is 0. The summed E-state index contributed by atoms with van der Waals surface area (Å²) >= 11 is 0. The Morgan fingerprint density at radius 3 is 0.364 bits per heavy atom. The molecule has 0 saturated carbocycles. The van der Waals surface area contributed by atoms with Gasteiger partial charge >= 0.3 is 80.2 Å². The van der Waals surface area contributed by atoms with Gasteiger partial charge in [-0.15, -0.1) is 0 Å². The Balaban J connectivity index is 0. The third kappa shape index (κ3) is 303. The van der Waals surface area contributed by atoms with Crippen molar-refractivity contribution in [3.63, 3.8) is 0 Å². The maximum absolute atomic E-state index is 0. The Morgan fingerprint density at radius 1 is 0.364 bits per heavy atom. The van der Waals surface area contributed by atoms with E-state index in [0.29, 0.717) is 0 Å². The van der Waals surface area contributed by atoms with Crippen LogP contribution in [0.1, 0.15) is 0 Å². The molecule has 11 heteroatoms. The van der Waals surface area contributed by atoms with E-state index in [4.69, 9.17) is 0 Å². The van der Waals surface area contributed by atoms with E-state index < -0.39 is 0 Å². The normalized spacial score (nSPS) is 0. The summed E-state index contributed by atoms with van der Waals surface area (Å²) in [6, 6.07) is 0. The summed E-state index contributed by atoms with van der Waals surface area (Å²) in [7, 11) is 0. The molecule has 0 unspecified atom stereocenters. The van der Waals surface area contributed by atoms with Crippen LogP contribution in [0.4, 0.5) is 0 Å². The summed E-state index contributed by atoms with van der Waals surface area (Å²) in [4.78, 5) is 0. The molecule has 0 saturated heterocycles. The quantitative estimate of drug-likeness (QED) is 0.307. The Bertz CT molecular complexity index is 14.1. The van der Waals surface area contributed by atoms with Gasteiger partial charge in [-0.25, -0.2) is 0 Å². The average Bonchev–Trinajstić information content (AvgIpc) is 0. The molecule has 0 bridgehead atoms. The Kier molecular flexibility index (Phi) is 15800. The minimum absolute atomic E-state index is 0. The second-order valence-corrected chi connectivity index (χ2v) is 0. The van der Waals surface area contributed by atoms with Gasteiger partial charge in [0, 0.05) is 0 Å². The Morgan fingerprint density at radius 2 is 0.364 bits per heavy atom. The van der Waals surface area contributed by atoms with Gasteiger partial charge in [0.25, 0.3) is 0 Å². The monoisotopic (exact) mass is 319 g/mol. The van der Waals surface area contributed by atoms with Crippen LogP contribution in [0.2, 0.25) is 0 Å². The van der Waals surface area contributed by atoms with Crippen LogP contribution in [0, 0.1) is 0 Å². The van der Waals surface area contributed by atoms with E-state index in [2.05, 4.69) is 0 Å². The van der Waals surface area contributed by atoms with Gasteiger partial charge in [0.15, 0.2) is 0 Å². The van der Waals surface area contributed by atoms with Gasteiger partial charge in [0.1, 0.15) is 0 Å². The smallest absolute Gasteiger partial charge is 1.00 e. The average molecular weight is 319 g/mol. The van der Waals surface area contributed by atoms with Crippen molar-refractivity contribution in [1.29, 1.82) is 0 Å². The van der Waals surface area contributed by atoms with Crippen LogP contribution in [-0.4, -0.2) is 62.8 Å². The molecule has 0 nitrogen and oxygen atoms in total. The zero-order valence-corrected chi connectivity index (χ0v) is 10.6. The molecule has 0 fully saturated rings. The van der Waals surface area contributed by atoms with Gasteiger partial charge in [-0.1, -0.05) is 0 Å². The standard InChI is InChI=1S/Al.Cr.8FH.Sr/h;;8*1H;/q2*+3;;;;;;;;;+2/p-8. The second-order valence-electron chi connectivity index (χ2n) is 0. The van der Waals surface area contributed by atoms with Crippen LogP contribution < -0.4 is 37.6 Å². The van der Waals surface area contributed by atoms with Crippen molar-refractivity contribution in [2.24, 2.45) is 0 Å². The molecule has 0 rings (SSSR count). The molecule has 0 heterocycles. The number of hydrogen-bond donors (Lipinski definition) is 0. The third-order valence-corrected chi connectivity index (χ3v) is 0. The first-order valence-corrected chi connectivity index (χ1v) is 0. The van der Waals surface area contributed by atoms with Crippen molar-refractivity contribution in [3.05, 3.63) is 0 Å². The molecule has 0 spiro atoms. The summed E-state index contributed by atoms with van der Waals surface area (Å²) in [6.07, 6.45) is 0. The van der Waals surface area contributed by atoms with Crippen LogP contribution >= 0.6 is 0 Å². The van der Waals surface area contributed by atoms with Crippen molar-refractivity contribution < 1.29 is 55.0 Å².